The highest BCUT2D eigenvalue weighted by Gasteiger charge is 2.22. The molecule has 2 rings (SSSR count). The number of hydrogen-bond donors (Lipinski definition) is 2. The molecule has 21 heavy (non-hydrogen) atoms. The number of benzene rings is 1. The van der Waals surface area contributed by atoms with Crippen LogP contribution >= 0.6 is 0 Å². The molecule has 1 aromatic heterocycles. The molecule has 0 saturated heterocycles. The highest BCUT2D eigenvalue weighted by Crippen LogP contribution is 2.17. The van der Waals surface area contributed by atoms with Gasteiger partial charge in [-0.25, -0.2) is 4.79 Å². The zero-order valence-corrected chi connectivity index (χ0v) is 12.0. The highest BCUT2D eigenvalue weighted by molar-refractivity contribution is 6.07. The van der Waals surface area contributed by atoms with Crippen molar-refractivity contribution in [3.63, 3.8) is 0 Å². The fraction of sp³-hybridized carbons (Fsp3) is 0.312. The van der Waals surface area contributed by atoms with E-state index in [1.54, 1.807) is 30.5 Å². The zero-order valence-electron chi connectivity index (χ0n) is 12.0. The first kappa shape index (κ1) is 15.0. The number of aliphatic carboxylic acids is 1. The SMILES string of the molecule is CC(C)C[C@@H](NC(=O)c1cccc2ncccc12)C(=O)O. The van der Waals surface area contributed by atoms with Crippen LogP contribution in [0.25, 0.3) is 10.9 Å². The van der Waals surface area contributed by atoms with Gasteiger partial charge in [-0.1, -0.05) is 26.0 Å². The van der Waals surface area contributed by atoms with E-state index in [9.17, 15) is 14.7 Å². The molecule has 5 nitrogen and oxygen atoms in total. The molecule has 0 saturated carbocycles. The summed E-state index contributed by atoms with van der Waals surface area (Å²) in [7, 11) is 0. The van der Waals surface area contributed by atoms with Gasteiger partial charge in [0.1, 0.15) is 6.04 Å². The second kappa shape index (κ2) is 6.35. The predicted molar refractivity (Wildman–Crippen MR) is 80.1 cm³/mol. The van der Waals surface area contributed by atoms with Crippen molar-refractivity contribution in [2.24, 2.45) is 5.92 Å². The van der Waals surface area contributed by atoms with Gasteiger partial charge in [0.15, 0.2) is 0 Å². The number of carboxylic acid groups (broad SMARTS) is 1. The third-order valence-corrected chi connectivity index (χ3v) is 3.20. The van der Waals surface area contributed by atoms with Crippen molar-refractivity contribution in [2.45, 2.75) is 26.3 Å². The second-order valence-electron chi connectivity index (χ2n) is 5.37. The van der Waals surface area contributed by atoms with Crippen LogP contribution in [0.1, 0.15) is 30.6 Å². The third kappa shape index (κ3) is 3.56. The van der Waals surface area contributed by atoms with E-state index < -0.39 is 12.0 Å². The van der Waals surface area contributed by atoms with Gasteiger partial charge in [-0.05, 0) is 30.5 Å². The summed E-state index contributed by atoms with van der Waals surface area (Å²) in [6.45, 7) is 3.84. The van der Waals surface area contributed by atoms with Crippen LogP contribution in [0, 0.1) is 5.92 Å². The molecule has 0 aliphatic carbocycles. The number of rotatable bonds is 5. The molecule has 1 atom stereocenters. The molecule has 1 heterocycles. The number of pyridine rings is 1. The molecular weight excluding hydrogens is 268 g/mol. The smallest absolute Gasteiger partial charge is 0.326 e. The lowest BCUT2D eigenvalue weighted by Gasteiger charge is -2.17. The van der Waals surface area contributed by atoms with Crippen molar-refractivity contribution < 1.29 is 14.7 Å². The molecule has 2 N–H and O–H groups in total. The molecule has 0 aliphatic rings. The van der Waals surface area contributed by atoms with Gasteiger partial charge >= 0.3 is 5.97 Å². The first-order valence-electron chi connectivity index (χ1n) is 6.86. The summed E-state index contributed by atoms with van der Waals surface area (Å²) >= 11 is 0. The third-order valence-electron chi connectivity index (χ3n) is 3.20. The van der Waals surface area contributed by atoms with Gasteiger partial charge in [-0.3, -0.25) is 9.78 Å². The van der Waals surface area contributed by atoms with Crippen LogP contribution in [0.2, 0.25) is 0 Å². The zero-order chi connectivity index (χ0) is 15.4. The second-order valence-corrected chi connectivity index (χ2v) is 5.37. The molecule has 0 fully saturated rings. The van der Waals surface area contributed by atoms with Crippen molar-refractivity contribution in [1.82, 2.24) is 10.3 Å². The molecule has 2 aromatic rings. The number of amides is 1. The van der Waals surface area contributed by atoms with Crippen LogP contribution in [0.3, 0.4) is 0 Å². The van der Waals surface area contributed by atoms with Gasteiger partial charge in [-0.15, -0.1) is 0 Å². The van der Waals surface area contributed by atoms with Crippen LogP contribution in [0.5, 0.6) is 0 Å². The number of carbonyl (C=O) groups is 2. The van der Waals surface area contributed by atoms with E-state index in [-0.39, 0.29) is 11.8 Å². The summed E-state index contributed by atoms with van der Waals surface area (Å²) in [6.07, 6.45) is 2.05. The Bertz CT molecular complexity index is 662. The van der Waals surface area contributed by atoms with Gasteiger partial charge in [0.25, 0.3) is 5.91 Å². The maximum Gasteiger partial charge on any atom is 0.326 e. The number of nitrogens with one attached hydrogen (secondary N) is 1. The minimum Gasteiger partial charge on any atom is -0.480 e. The number of carboxylic acids is 1. The largest absolute Gasteiger partial charge is 0.480 e. The Labute approximate surface area is 123 Å². The van der Waals surface area contributed by atoms with Crippen LogP contribution in [-0.4, -0.2) is 28.0 Å². The predicted octanol–water partition coefficient (Wildman–Crippen LogP) is 2.46. The quantitative estimate of drug-likeness (QED) is 0.885. The lowest BCUT2D eigenvalue weighted by atomic mass is 10.0. The van der Waals surface area contributed by atoms with E-state index in [2.05, 4.69) is 10.3 Å². The van der Waals surface area contributed by atoms with E-state index in [4.69, 9.17) is 0 Å². The topological polar surface area (TPSA) is 79.3 Å². The number of nitrogens with zero attached hydrogens (tertiary/aromatic N) is 1. The summed E-state index contributed by atoms with van der Waals surface area (Å²) < 4.78 is 0. The van der Waals surface area contributed by atoms with Crippen molar-refractivity contribution in [3.05, 3.63) is 42.1 Å². The molecule has 0 spiro atoms. The van der Waals surface area contributed by atoms with Gasteiger partial charge in [-0.2, -0.15) is 0 Å². The maximum atomic E-state index is 12.4. The number of aromatic nitrogens is 1. The van der Waals surface area contributed by atoms with Crippen LogP contribution < -0.4 is 5.32 Å². The average molecular weight is 286 g/mol. The average Bonchev–Trinajstić information content (AvgIpc) is 2.45. The number of fused-ring (bicyclic) bond motifs is 1. The number of carbonyl (C=O) groups excluding carboxylic acids is 1. The Morgan fingerprint density at radius 3 is 2.67 bits per heavy atom. The monoisotopic (exact) mass is 286 g/mol. The Hall–Kier alpha value is -2.43. The van der Waals surface area contributed by atoms with Gasteiger partial charge < -0.3 is 10.4 Å². The van der Waals surface area contributed by atoms with E-state index in [1.165, 1.54) is 0 Å². The molecule has 0 unspecified atom stereocenters. The van der Waals surface area contributed by atoms with Crippen LogP contribution in [0.15, 0.2) is 36.5 Å². The molecule has 0 aliphatic heterocycles. The van der Waals surface area contributed by atoms with Crippen molar-refractivity contribution in [3.8, 4) is 0 Å². The van der Waals surface area contributed by atoms with Gasteiger partial charge in [0.2, 0.25) is 0 Å². The van der Waals surface area contributed by atoms with Crippen molar-refractivity contribution in [2.75, 3.05) is 0 Å². The first-order chi connectivity index (χ1) is 9.99. The Balaban J connectivity index is 2.27. The highest BCUT2D eigenvalue weighted by atomic mass is 16.4. The van der Waals surface area contributed by atoms with Crippen molar-refractivity contribution >= 4 is 22.8 Å². The minimum atomic E-state index is -1.02. The summed E-state index contributed by atoms with van der Waals surface area (Å²) in [5, 5.41) is 12.5. The normalized spacial score (nSPS) is 12.3. The molecule has 5 heteroatoms. The maximum absolute atomic E-state index is 12.4. The van der Waals surface area contributed by atoms with E-state index in [1.807, 2.05) is 19.9 Å². The van der Waals surface area contributed by atoms with E-state index >= 15 is 0 Å². The molecule has 1 aromatic carbocycles. The molecule has 0 bridgehead atoms. The summed E-state index contributed by atoms with van der Waals surface area (Å²) in [4.78, 5) is 27.8. The Kier molecular flexibility index (Phi) is 4.52. The fourth-order valence-corrected chi connectivity index (χ4v) is 2.23. The molecule has 110 valence electrons. The fourth-order valence-electron chi connectivity index (χ4n) is 2.23. The van der Waals surface area contributed by atoms with Gasteiger partial charge in [0.05, 0.1) is 5.52 Å². The lowest BCUT2D eigenvalue weighted by Crippen LogP contribution is -2.41. The minimum absolute atomic E-state index is 0.181. The van der Waals surface area contributed by atoms with Crippen LogP contribution in [0.4, 0.5) is 0 Å². The van der Waals surface area contributed by atoms with Crippen LogP contribution in [-0.2, 0) is 4.79 Å². The summed E-state index contributed by atoms with van der Waals surface area (Å²) in [5.41, 5.74) is 1.15. The molecule has 1 amide bonds. The summed E-state index contributed by atoms with van der Waals surface area (Å²) in [5.74, 6) is -1.22. The Morgan fingerprint density at radius 2 is 2.00 bits per heavy atom. The Morgan fingerprint density at radius 1 is 1.24 bits per heavy atom. The lowest BCUT2D eigenvalue weighted by molar-refractivity contribution is -0.139. The standard InChI is InChI=1S/C16H18N2O3/c1-10(2)9-14(16(20)21)18-15(19)12-5-3-7-13-11(12)6-4-8-17-13/h3-8,10,14H,9H2,1-2H3,(H,18,19)(H,20,21)/t14-/m1/s1. The summed E-state index contributed by atoms with van der Waals surface area (Å²) in [6, 6.07) is 7.90. The van der Waals surface area contributed by atoms with Crippen molar-refractivity contribution in [1.29, 1.82) is 0 Å². The first-order valence-corrected chi connectivity index (χ1v) is 6.86. The molecule has 0 radical (unpaired) electrons. The van der Waals surface area contributed by atoms with E-state index in [0.717, 1.165) is 0 Å². The van der Waals surface area contributed by atoms with E-state index in [0.29, 0.717) is 22.9 Å². The van der Waals surface area contributed by atoms with Gasteiger partial charge in [0, 0.05) is 17.1 Å². The number of hydrogen-bond acceptors (Lipinski definition) is 3. The molecular formula is C16H18N2O3.